The van der Waals surface area contributed by atoms with Crippen molar-refractivity contribution in [1.29, 1.82) is 0 Å². The summed E-state index contributed by atoms with van der Waals surface area (Å²) in [5.74, 6) is -4.13. The largest absolute Gasteiger partial charge is 0.508 e. The van der Waals surface area contributed by atoms with E-state index >= 15 is 0 Å². The molecule has 14 heteroatoms. The highest BCUT2D eigenvalue weighted by Crippen LogP contribution is 2.49. The summed E-state index contributed by atoms with van der Waals surface area (Å²) in [4.78, 5) is 72.5. The Kier molecular flexibility index (Phi) is 10.7. The van der Waals surface area contributed by atoms with Crippen molar-refractivity contribution in [2.24, 2.45) is 5.92 Å². The lowest BCUT2D eigenvalue weighted by molar-refractivity contribution is -0.146. The van der Waals surface area contributed by atoms with Gasteiger partial charge in [0.2, 0.25) is 29.5 Å². The first-order valence-corrected chi connectivity index (χ1v) is 17.9. The first kappa shape index (κ1) is 37.3. The maximum atomic E-state index is 14.6. The molecule has 3 aliphatic rings. The molecule has 0 aliphatic carbocycles. The molecule has 2 saturated heterocycles. The van der Waals surface area contributed by atoms with Gasteiger partial charge in [-0.3, -0.25) is 24.0 Å². The molecule has 6 rings (SSSR count). The molecular weight excluding hydrogens is 680 g/mol. The van der Waals surface area contributed by atoms with Crippen LogP contribution in [0.15, 0.2) is 78.9 Å². The molecule has 8 N–H and O–H groups in total. The van der Waals surface area contributed by atoms with Gasteiger partial charge in [0.25, 0.3) is 0 Å². The third kappa shape index (κ3) is 7.55. The fraction of sp³-hybridized carbons (Fsp3) is 0.410. The predicted molar refractivity (Wildman–Crippen MR) is 194 cm³/mol. The van der Waals surface area contributed by atoms with E-state index in [1.807, 2.05) is 13.0 Å². The number of fused-ring (bicyclic) bond motifs is 5. The van der Waals surface area contributed by atoms with Gasteiger partial charge in [-0.05, 0) is 42.2 Å². The molecule has 280 valence electrons. The van der Waals surface area contributed by atoms with E-state index in [0.29, 0.717) is 23.2 Å². The Labute approximate surface area is 307 Å². The molecule has 14 nitrogen and oxygen atoms in total. The van der Waals surface area contributed by atoms with Crippen molar-refractivity contribution in [3.05, 3.63) is 95.6 Å². The molecule has 3 aromatic carbocycles. The van der Waals surface area contributed by atoms with Crippen LogP contribution in [0.3, 0.4) is 0 Å². The molecule has 0 spiro atoms. The second-order valence-electron chi connectivity index (χ2n) is 14.3. The number of anilines is 1. The quantitative estimate of drug-likeness (QED) is 0.173. The van der Waals surface area contributed by atoms with E-state index in [9.17, 15) is 39.3 Å². The fourth-order valence-electron chi connectivity index (χ4n) is 7.42. The highest BCUT2D eigenvalue weighted by atomic mass is 16.3. The van der Waals surface area contributed by atoms with Crippen molar-refractivity contribution < 1.29 is 39.3 Å². The Morgan fingerprint density at radius 3 is 1.91 bits per heavy atom. The summed E-state index contributed by atoms with van der Waals surface area (Å²) in [6.07, 6.45) is -2.44. The highest BCUT2D eigenvalue weighted by Gasteiger charge is 2.61. The first-order valence-electron chi connectivity index (χ1n) is 17.9. The Morgan fingerprint density at radius 1 is 0.717 bits per heavy atom. The number of para-hydroxylation sites is 1. The van der Waals surface area contributed by atoms with Crippen LogP contribution in [0.25, 0.3) is 0 Å². The minimum Gasteiger partial charge on any atom is -0.508 e. The van der Waals surface area contributed by atoms with Crippen LogP contribution in [0.5, 0.6) is 5.75 Å². The third-order valence-corrected chi connectivity index (χ3v) is 10.6. The van der Waals surface area contributed by atoms with Crippen molar-refractivity contribution in [3.8, 4) is 5.75 Å². The number of phenols is 1. The van der Waals surface area contributed by atoms with Gasteiger partial charge in [0.05, 0.1) is 6.10 Å². The summed E-state index contributed by atoms with van der Waals surface area (Å²) < 4.78 is 0. The Balaban J connectivity index is 1.45. The van der Waals surface area contributed by atoms with Gasteiger partial charge in [-0.25, -0.2) is 0 Å². The molecule has 3 aliphatic heterocycles. The summed E-state index contributed by atoms with van der Waals surface area (Å²) in [5, 5.41) is 47.2. The van der Waals surface area contributed by atoms with Crippen LogP contribution in [0, 0.1) is 5.92 Å². The number of aromatic hydroxyl groups is 1. The minimum absolute atomic E-state index is 0.000338. The van der Waals surface area contributed by atoms with E-state index in [4.69, 9.17) is 0 Å². The Morgan fingerprint density at radius 2 is 1.28 bits per heavy atom. The van der Waals surface area contributed by atoms with Crippen molar-refractivity contribution in [3.63, 3.8) is 0 Å². The summed E-state index contributed by atoms with van der Waals surface area (Å²) in [6.45, 7) is 4.95. The zero-order valence-corrected chi connectivity index (χ0v) is 29.8. The van der Waals surface area contributed by atoms with Crippen LogP contribution in [0.2, 0.25) is 0 Å². The van der Waals surface area contributed by atoms with Crippen LogP contribution in [0.1, 0.15) is 50.3 Å². The summed E-state index contributed by atoms with van der Waals surface area (Å²) in [7, 11) is 0. The number of nitrogens with one attached hydrogen (secondary N) is 5. The molecule has 3 heterocycles. The topological polar surface area (TPSA) is 209 Å². The van der Waals surface area contributed by atoms with Gasteiger partial charge in [-0.1, -0.05) is 80.9 Å². The summed E-state index contributed by atoms with van der Waals surface area (Å²) in [6, 6.07) is 15.4. The maximum absolute atomic E-state index is 14.6. The first-order chi connectivity index (χ1) is 25.3. The number of carbonyl (C=O) groups is 5. The molecule has 0 bridgehead atoms. The Bertz CT molecular complexity index is 1860. The molecule has 0 saturated carbocycles. The van der Waals surface area contributed by atoms with Crippen LogP contribution in [-0.2, 0) is 42.4 Å². The number of aliphatic hydroxyl groups excluding tert-OH is 1. The number of carbonyl (C=O) groups excluding carboxylic acids is 5. The van der Waals surface area contributed by atoms with E-state index in [-0.39, 0.29) is 25.0 Å². The summed E-state index contributed by atoms with van der Waals surface area (Å²) >= 11 is 0. The van der Waals surface area contributed by atoms with Crippen molar-refractivity contribution in [1.82, 2.24) is 26.2 Å². The lowest BCUT2D eigenvalue weighted by Crippen LogP contribution is -2.62. The van der Waals surface area contributed by atoms with Gasteiger partial charge in [-0.15, -0.1) is 0 Å². The minimum atomic E-state index is -1.73. The number of phenolic OH excluding ortho intramolecular Hbond substituents is 1. The standard InChI is InChI=1S/C39H46N6O8/c1-4-21(2)31-36(51)41-29(19-24-14-16-25(47)17-15-24)34(49)44-32(22(3)46)37(52)45-30(20-39(53)26-12-8-9-13-27(26)42-38(39)45)35(50)40-28(33(48)43-31)18-23-10-6-5-7-11-23/h5-17,21-22,28-32,38,42,46-47,53H,4,18-20H2,1-3H3,(H,40,50)(H,41,51)(H,43,48)(H,44,49)/t21-,22+,28-,29+,30-,31-,32-,38-,39-/m0/s1. The van der Waals surface area contributed by atoms with Crippen LogP contribution in [0.4, 0.5) is 5.69 Å². The average molecular weight is 727 g/mol. The van der Waals surface area contributed by atoms with Crippen LogP contribution in [-0.4, -0.2) is 92.2 Å². The molecule has 0 aromatic heterocycles. The van der Waals surface area contributed by atoms with Crippen molar-refractivity contribution in [2.45, 2.75) is 94.5 Å². The smallest absolute Gasteiger partial charge is 0.250 e. The average Bonchev–Trinajstić information content (AvgIpc) is 3.60. The lowest BCUT2D eigenvalue weighted by Gasteiger charge is -2.35. The number of hydrogen-bond acceptors (Lipinski definition) is 9. The second-order valence-corrected chi connectivity index (χ2v) is 14.3. The molecule has 3 aromatic rings. The molecule has 0 radical (unpaired) electrons. The van der Waals surface area contributed by atoms with E-state index in [0.717, 1.165) is 10.5 Å². The monoisotopic (exact) mass is 726 g/mol. The van der Waals surface area contributed by atoms with Gasteiger partial charge in [-0.2, -0.15) is 0 Å². The van der Waals surface area contributed by atoms with E-state index < -0.39 is 83.5 Å². The number of aliphatic hydroxyl groups is 2. The van der Waals surface area contributed by atoms with Crippen LogP contribution >= 0.6 is 0 Å². The molecule has 2 fully saturated rings. The van der Waals surface area contributed by atoms with Gasteiger partial charge < -0.3 is 46.8 Å². The second kappa shape index (κ2) is 15.2. The number of amides is 5. The molecule has 53 heavy (non-hydrogen) atoms. The normalized spacial score (nSPS) is 28.8. The SMILES string of the molecule is CC[C@H](C)[C@@H]1NC(=O)[C@H](Cc2ccccc2)NC(=O)[C@@H]2C[C@]3(O)c4ccccc4N[C@H]3N2C(=O)[C@H]([C@@H](C)O)NC(=O)[C@@H](Cc2ccc(O)cc2)NC1=O. The number of hydrogen-bond donors (Lipinski definition) is 8. The van der Waals surface area contributed by atoms with Gasteiger partial charge >= 0.3 is 0 Å². The Hall–Kier alpha value is -5.47. The molecular formula is C39H46N6O8. The van der Waals surface area contributed by atoms with E-state index in [1.165, 1.54) is 19.1 Å². The maximum Gasteiger partial charge on any atom is 0.250 e. The van der Waals surface area contributed by atoms with Crippen molar-refractivity contribution in [2.75, 3.05) is 5.32 Å². The van der Waals surface area contributed by atoms with Gasteiger partial charge in [0.15, 0.2) is 0 Å². The fourth-order valence-corrected chi connectivity index (χ4v) is 7.42. The van der Waals surface area contributed by atoms with E-state index in [1.54, 1.807) is 67.6 Å². The molecule has 5 amide bonds. The third-order valence-electron chi connectivity index (χ3n) is 10.6. The number of benzene rings is 3. The zero-order chi connectivity index (χ0) is 38.0. The van der Waals surface area contributed by atoms with Crippen molar-refractivity contribution >= 4 is 35.2 Å². The van der Waals surface area contributed by atoms with Gasteiger partial charge in [0, 0.05) is 30.5 Å². The van der Waals surface area contributed by atoms with Gasteiger partial charge in [0.1, 0.15) is 47.7 Å². The summed E-state index contributed by atoms with van der Waals surface area (Å²) in [5.41, 5.74) is 0.576. The zero-order valence-electron chi connectivity index (χ0n) is 29.8. The van der Waals surface area contributed by atoms with Crippen LogP contribution < -0.4 is 26.6 Å². The predicted octanol–water partition coefficient (Wildman–Crippen LogP) is 0.797. The highest BCUT2D eigenvalue weighted by molar-refractivity contribution is 5.99. The molecule has 0 unspecified atom stereocenters. The molecule has 9 atom stereocenters. The number of rotatable bonds is 7. The van der Waals surface area contributed by atoms with E-state index in [2.05, 4.69) is 26.6 Å². The number of nitrogens with zero attached hydrogens (tertiary/aromatic N) is 1. The lowest BCUT2D eigenvalue weighted by atomic mass is 9.91.